The molecule has 0 saturated heterocycles. The molecule has 0 radical (unpaired) electrons. The summed E-state index contributed by atoms with van der Waals surface area (Å²) < 4.78 is 15.0. The average molecular weight is 261 g/mol. The molecule has 19 heavy (non-hydrogen) atoms. The maximum Gasteiger partial charge on any atom is 0.126 e. The van der Waals surface area contributed by atoms with Gasteiger partial charge in [0, 0.05) is 12.7 Å². The van der Waals surface area contributed by atoms with Crippen LogP contribution in [0.25, 0.3) is 5.69 Å². The van der Waals surface area contributed by atoms with Crippen LogP contribution >= 0.6 is 0 Å². The van der Waals surface area contributed by atoms with Crippen molar-refractivity contribution >= 4 is 0 Å². The average Bonchev–Trinajstić information content (AvgIpc) is 2.81. The number of hydrogen-bond acceptors (Lipinski definition) is 2. The number of aromatic nitrogens is 2. The number of nitrogens with zero attached hydrogens (tertiary/aromatic N) is 2. The highest BCUT2D eigenvalue weighted by molar-refractivity contribution is 5.35. The third-order valence-electron chi connectivity index (χ3n) is 2.91. The molecular formula is C15H20FN3. The Morgan fingerprint density at radius 1 is 1.32 bits per heavy atom. The van der Waals surface area contributed by atoms with E-state index in [0.29, 0.717) is 11.5 Å². The van der Waals surface area contributed by atoms with Crippen LogP contribution in [0.1, 0.15) is 25.1 Å². The van der Waals surface area contributed by atoms with Crippen molar-refractivity contribution in [3.8, 4) is 5.69 Å². The van der Waals surface area contributed by atoms with Crippen LogP contribution in [0.4, 0.5) is 4.39 Å². The lowest BCUT2D eigenvalue weighted by Crippen LogP contribution is -2.19. The molecule has 0 fully saturated rings. The number of hydrogen-bond donors (Lipinski definition) is 1. The summed E-state index contributed by atoms with van der Waals surface area (Å²) in [5.74, 6) is 0.441. The Balaban J connectivity index is 2.05. The van der Waals surface area contributed by atoms with E-state index < -0.39 is 0 Å². The molecule has 0 aliphatic carbocycles. The first-order chi connectivity index (χ1) is 9.06. The fourth-order valence-electron chi connectivity index (χ4n) is 1.86. The van der Waals surface area contributed by atoms with Crippen molar-refractivity contribution in [2.75, 3.05) is 6.54 Å². The van der Waals surface area contributed by atoms with E-state index in [1.54, 1.807) is 23.7 Å². The van der Waals surface area contributed by atoms with Crippen molar-refractivity contribution < 1.29 is 4.39 Å². The lowest BCUT2D eigenvalue weighted by molar-refractivity contribution is 0.546. The molecule has 0 bridgehead atoms. The zero-order valence-corrected chi connectivity index (χ0v) is 11.7. The molecule has 0 atom stereocenters. The zero-order chi connectivity index (χ0) is 13.8. The molecule has 4 heteroatoms. The number of rotatable bonds is 5. The summed E-state index contributed by atoms with van der Waals surface area (Å²) >= 11 is 0. The SMILES string of the molecule is Cc1cc(-n2ccc(CNCC(C)C)n2)ccc1F. The predicted octanol–water partition coefficient (Wildman–Crippen LogP) is 3.07. The second-order valence-corrected chi connectivity index (χ2v) is 5.21. The highest BCUT2D eigenvalue weighted by atomic mass is 19.1. The van der Waals surface area contributed by atoms with Crippen LogP contribution in [0.15, 0.2) is 30.5 Å². The Bertz CT molecular complexity index is 546. The quantitative estimate of drug-likeness (QED) is 0.896. The Morgan fingerprint density at radius 2 is 2.11 bits per heavy atom. The van der Waals surface area contributed by atoms with E-state index in [2.05, 4.69) is 24.3 Å². The Morgan fingerprint density at radius 3 is 2.79 bits per heavy atom. The number of nitrogens with one attached hydrogen (secondary N) is 1. The van der Waals surface area contributed by atoms with Crippen molar-refractivity contribution in [2.24, 2.45) is 5.92 Å². The third-order valence-corrected chi connectivity index (χ3v) is 2.91. The minimum atomic E-state index is -0.185. The lowest BCUT2D eigenvalue weighted by Gasteiger charge is -2.05. The van der Waals surface area contributed by atoms with Crippen LogP contribution in [0.3, 0.4) is 0 Å². The molecular weight excluding hydrogens is 241 g/mol. The van der Waals surface area contributed by atoms with Gasteiger partial charge in [0.15, 0.2) is 0 Å². The van der Waals surface area contributed by atoms with Crippen LogP contribution in [-0.4, -0.2) is 16.3 Å². The first kappa shape index (κ1) is 13.7. The molecule has 2 rings (SSSR count). The molecule has 0 saturated carbocycles. The number of benzene rings is 1. The first-order valence-corrected chi connectivity index (χ1v) is 6.58. The molecule has 1 N–H and O–H groups in total. The van der Waals surface area contributed by atoms with Gasteiger partial charge in [0.2, 0.25) is 0 Å². The summed E-state index contributed by atoms with van der Waals surface area (Å²) in [5, 5.41) is 7.83. The van der Waals surface area contributed by atoms with Gasteiger partial charge in [-0.1, -0.05) is 13.8 Å². The summed E-state index contributed by atoms with van der Waals surface area (Å²) in [7, 11) is 0. The van der Waals surface area contributed by atoms with Crippen LogP contribution < -0.4 is 5.32 Å². The lowest BCUT2D eigenvalue weighted by atomic mass is 10.2. The smallest absolute Gasteiger partial charge is 0.126 e. The molecule has 102 valence electrons. The van der Waals surface area contributed by atoms with Crippen molar-refractivity contribution in [1.82, 2.24) is 15.1 Å². The molecule has 1 heterocycles. The largest absolute Gasteiger partial charge is 0.311 e. The normalized spacial score (nSPS) is 11.2. The van der Waals surface area contributed by atoms with Gasteiger partial charge >= 0.3 is 0 Å². The first-order valence-electron chi connectivity index (χ1n) is 6.58. The fourth-order valence-corrected chi connectivity index (χ4v) is 1.86. The highest BCUT2D eigenvalue weighted by Crippen LogP contribution is 2.13. The fraction of sp³-hybridized carbons (Fsp3) is 0.400. The Kier molecular flexibility index (Phi) is 4.32. The van der Waals surface area contributed by atoms with E-state index >= 15 is 0 Å². The Hall–Kier alpha value is -1.68. The molecule has 0 spiro atoms. The van der Waals surface area contributed by atoms with E-state index in [0.717, 1.165) is 24.5 Å². The molecule has 1 aromatic carbocycles. The summed E-state index contributed by atoms with van der Waals surface area (Å²) in [6, 6.07) is 6.99. The minimum absolute atomic E-state index is 0.185. The van der Waals surface area contributed by atoms with Crippen molar-refractivity contribution in [1.29, 1.82) is 0 Å². The van der Waals surface area contributed by atoms with Crippen LogP contribution in [0.2, 0.25) is 0 Å². The molecule has 2 aromatic rings. The molecule has 1 aromatic heterocycles. The summed E-state index contributed by atoms with van der Waals surface area (Å²) in [5.41, 5.74) is 2.50. The van der Waals surface area contributed by atoms with Gasteiger partial charge in [-0.25, -0.2) is 9.07 Å². The minimum Gasteiger partial charge on any atom is -0.311 e. The van der Waals surface area contributed by atoms with Crippen LogP contribution in [-0.2, 0) is 6.54 Å². The van der Waals surface area contributed by atoms with Gasteiger partial charge in [0.25, 0.3) is 0 Å². The second-order valence-electron chi connectivity index (χ2n) is 5.21. The molecule has 3 nitrogen and oxygen atoms in total. The Labute approximate surface area is 113 Å². The monoisotopic (exact) mass is 261 g/mol. The molecule has 0 amide bonds. The number of aryl methyl sites for hydroxylation is 1. The second kappa shape index (κ2) is 5.97. The van der Waals surface area contributed by atoms with Gasteiger partial charge in [-0.05, 0) is 49.2 Å². The third kappa shape index (κ3) is 3.64. The van der Waals surface area contributed by atoms with Crippen molar-refractivity contribution in [2.45, 2.75) is 27.3 Å². The van der Waals surface area contributed by atoms with Gasteiger partial charge in [-0.2, -0.15) is 5.10 Å². The van der Waals surface area contributed by atoms with Gasteiger partial charge in [-0.15, -0.1) is 0 Å². The van der Waals surface area contributed by atoms with Crippen LogP contribution in [0.5, 0.6) is 0 Å². The summed E-state index contributed by atoms with van der Waals surface area (Å²) in [4.78, 5) is 0. The van der Waals surface area contributed by atoms with Crippen LogP contribution in [0, 0.1) is 18.7 Å². The van der Waals surface area contributed by atoms with E-state index in [9.17, 15) is 4.39 Å². The standard InChI is InChI=1S/C15H20FN3/c1-11(2)9-17-10-13-6-7-19(18-13)14-4-5-15(16)12(3)8-14/h4-8,11,17H,9-10H2,1-3H3. The van der Waals surface area contributed by atoms with Gasteiger partial charge in [0.05, 0.1) is 11.4 Å². The maximum absolute atomic E-state index is 13.2. The topological polar surface area (TPSA) is 29.9 Å². The highest BCUT2D eigenvalue weighted by Gasteiger charge is 2.04. The maximum atomic E-state index is 13.2. The van der Waals surface area contributed by atoms with Gasteiger partial charge in [0.1, 0.15) is 5.82 Å². The van der Waals surface area contributed by atoms with E-state index in [-0.39, 0.29) is 5.82 Å². The van der Waals surface area contributed by atoms with Crippen molar-refractivity contribution in [3.63, 3.8) is 0 Å². The predicted molar refractivity (Wildman–Crippen MR) is 74.8 cm³/mol. The van der Waals surface area contributed by atoms with Gasteiger partial charge < -0.3 is 5.32 Å². The van der Waals surface area contributed by atoms with E-state index in [1.807, 2.05) is 12.3 Å². The number of halogens is 1. The summed E-state index contributed by atoms with van der Waals surface area (Å²) in [6.07, 6.45) is 1.90. The molecule has 0 unspecified atom stereocenters. The molecule has 0 aliphatic rings. The van der Waals surface area contributed by atoms with Gasteiger partial charge in [-0.3, -0.25) is 0 Å². The van der Waals surface area contributed by atoms with E-state index in [1.165, 1.54) is 6.07 Å². The van der Waals surface area contributed by atoms with Crippen molar-refractivity contribution in [3.05, 3.63) is 47.5 Å². The van der Waals surface area contributed by atoms with E-state index in [4.69, 9.17) is 0 Å². The zero-order valence-electron chi connectivity index (χ0n) is 11.7. The summed E-state index contributed by atoms with van der Waals surface area (Å²) in [6.45, 7) is 7.83. The molecule has 0 aliphatic heterocycles.